The molecule has 0 amide bonds. The fraction of sp³-hybridized carbons (Fsp3) is 0.333. The van der Waals surface area contributed by atoms with Gasteiger partial charge in [-0.25, -0.2) is 4.98 Å². The minimum absolute atomic E-state index is 0.614. The molecule has 4 rings (SSSR count). The van der Waals surface area contributed by atoms with Crippen LogP contribution in [0, 0.1) is 6.92 Å². The van der Waals surface area contributed by atoms with Gasteiger partial charge in [-0.05, 0) is 73.9 Å². The summed E-state index contributed by atoms with van der Waals surface area (Å²) in [5.74, 6) is -1.44. The van der Waals surface area contributed by atoms with Crippen LogP contribution in [-0.2, 0) is 17.6 Å². The second kappa shape index (κ2) is 6.67. The number of hydrogen-bond donors (Lipinski definition) is 1. The van der Waals surface area contributed by atoms with E-state index in [2.05, 4.69) is 0 Å². The van der Waals surface area contributed by atoms with Crippen molar-refractivity contribution in [3.05, 3.63) is 51.0 Å². The van der Waals surface area contributed by atoms with Crippen molar-refractivity contribution in [1.29, 1.82) is 0 Å². The lowest BCUT2D eigenvalue weighted by atomic mass is 9.86. The summed E-state index contributed by atoms with van der Waals surface area (Å²) in [6, 6.07) is 7.71. The first-order valence-electron chi connectivity index (χ1n) is 8.91. The smallest absolute Gasteiger partial charge is 0.310 e. The summed E-state index contributed by atoms with van der Waals surface area (Å²) in [6.45, 7) is 3.67. The van der Waals surface area contributed by atoms with Gasteiger partial charge in [-0.15, -0.1) is 11.3 Å². The molecule has 134 valence electrons. The number of aliphatic carboxylic acids is 1. The van der Waals surface area contributed by atoms with Gasteiger partial charge >= 0.3 is 5.97 Å². The molecule has 0 spiro atoms. The largest absolute Gasteiger partial charge is 0.481 e. The van der Waals surface area contributed by atoms with Gasteiger partial charge in [0.2, 0.25) is 0 Å². The van der Waals surface area contributed by atoms with Crippen LogP contribution in [0.25, 0.3) is 21.3 Å². The van der Waals surface area contributed by atoms with Crippen molar-refractivity contribution in [3.8, 4) is 11.1 Å². The first kappa shape index (κ1) is 17.5. The van der Waals surface area contributed by atoms with E-state index in [9.17, 15) is 9.90 Å². The number of nitrogens with zero attached hydrogens (tertiary/aromatic N) is 1. The molecule has 2 aromatic heterocycles. The Balaban J connectivity index is 2.11. The summed E-state index contributed by atoms with van der Waals surface area (Å²) in [4.78, 5) is 19.1. The molecule has 0 saturated heterocycles. The van der Waals surface area contributed by atoms with Gasteiger partial charge in [0.05, 0.1) is 5.92 Å². The first-order valence-corrected chi connectivity index (χ1v) is 10.1. The molecular formula is C21H20ClNO2S. The number of halogens is 1. The summed E-state index contributed by atoms with van der Waals surface area (Å²) in [7, 11) is 0. The van der Waals surface area contributed by atoms with Crippen molar-refractivity contribution in [1.82, 2.24) is 4.98 Å². The second-order valence-corrected chi connectivity index (χ2v) is 8.46. The van der Waals surface area contributed by atoms with E-state index in [1.165, 1.54) is 23.3 Å². The summed E-state index contributed by atoms with van der Waals surface area (Å²) in [5, 5.41) is 11.5. The van der Waals surface area contributed by atoms with Crippen LogP contribution in [0.15, 0.2) is 24.3 Å². The number of aryl methyl sites for hydroxylation is 3. The number of pyridine rings is 1. The van der Waals surface area contributed by atoms with E-state index in [4.69, 9.17) is 16.6 Å². The monoisotopic (exact) mass is 385 g/mol. The van der Waals surface area contributed by atoms with Gasteiger partial charge in [-0.3, -0.25) is 4.79 Å². The summed E-state index contributed by atoms with van der Waals surface area (Å²) >= 11 is 7.86. The van der Waals surface area contributed by atoms with E-state index in [-0.39, 0.29) is 0 Å². The lowest BCUT2D eigenvalue weighted by Crippen LogP contribution is -2.12. The van der Waals surface area contributed by atoms with Crippen LogP contribution in [0.3, 0.4) is 0 Å². The molecule has 1 atom stereocenters. The summed E-state index contributed by atoms with van der Waals surface area (Å²) in [5.41, 5.74) is 5.03. The van der Waals surface area contributed by atoms with Crippen LogP contribution in [0.1, 0.15) is 47.4 Å². The predicted molar refractivity (Wildman–Crippen MR) is 107 cm³/mol. The third-order valence-corrected chi connectivity index (χ3v) is 6.71. The molecule has 5 heteroatoms. The number of thiophene rings is 1. The van der Waals surface area contributed by atoms with Gasteiger partial charge in [0.25, 0.3) is 0 Å². The van der Waals surface area contributed by atoms with Crippen LogP contribution in [0.4, 0.5) is 0 Å². The van der Waals surface area contributed by atoms with Crippen molar-refractivity contribution >= 4 is 39.1 Å². The van der Waals surface area contributed by atoms with Gasteiger partial charge in [0, 0.05) is 21.0 Å². The molecule has 3 nitrogen and oxygen atoms in total. The van der Waals surface area contributed by atoms with Crippen molar-refractivity contribution in [2.75, 3.05) is 0 Å². The number of carbonyl (C=O) groups is 1. The summed E-state index contributed by atoms with van der Waals surface area (Å²) in [6.07, 6.45) is 4.53. The molecule has 1 aromatic carbocycles. The lowest BCUT2D eigenvalue weighted by Gasteiger charge is -2.19. The van der Waals surface area contributed by atoms with Crippen molar-refractivity contribution in [3.63, 3.8) is 0 Å². The van der Waals surface area contributed by atoms with Gasteiger partial charge in [0.15, 0.2) is 0 Å². The maximum absolute atomic E-state index is 11.8. The lowest BCUT2D eigenvalue weighted by molar-refractivity contribution is -0.138. The molecule has 0 bridgehead atoms. The average molecular weight is 386 g/mol. The van der Waals surface area contributed by atoms with E-state index in [0.29, 0.717) is 5.02 Å². The molecule has 2 heterocycles. The zero-order valence-corrected chi connectivity index (χ0v) is 16.4. The number of benzene rings is 1. The Morgan fingerprint density at radius 3 is 2.62 bits per heavy atom. The van der Waals surface area contributed by atoms with E-state index in [0.717, 1.165) is 45.4 Å². The maximum Gasteiger partial charge on any atom is 0.310 e. The fourth-order valence-electron chi connectivity index (χ4n) is 3.99. The Hall–Kier alpha value is -1.91. The van der Waals surface area contributed by atoms with Crippen LogP contribution >= 0.6 is 22.9 Å². The third kappa shape index (κ3) is 2.81. The quantitative estimate of drug-likeness (QED) is 0.602. The predicted octanol–water partition coefficient (Wildman–Crippen LogP) is 5.99. The minimum atomic E-state index is -0.825. The molecule has 1 aliphatic carbocycles. The molecule has 0 saturated carbocycles. The molecular weight excluding hydrogens is 366 g/mol. The highest BCUT2D eigenvalue weighted by Gasteiger charge is 2.27. The molecule has 0 fully saturated rings. The molecule has 26 heavy (non-hydrogen) atoms. The fourth-order valence-corrected chi connectivity index (χ4v) is 5.43. The number of carboxylic acid groups (broad SMARTS) is 1. The van der Waals surface area contributed by atoms with Crippen molar-refractivity contribution in [2.45, 2.75) is 45.4 Å². The van der Waals surface area contributed by atoms with Gasteiger partial charge in [0.1, 0.15) is 4.83 Å². The SMILES string of the molecule is Cc1nc2sc3c(c2c(-c2ccc(Cl)cc2)c1C(C)C(=O)O)CCCC3. The Labute approximate surface area is 161 Å². The van der Waals surface area contributed by atoms with E-state index >= 15 is 0 Å². The molecule has 1 unspecified atom stereocenters. The molecule has 3 aromatic rings. The van der Waals surface area contributed by atoms with Gasteiger partial charge in [-0.1, -0.05) is 23.7 Å². The van der Waals surface area contributed by atoms with Crippen LogP contribution in [0.2, 0.25) is 5.02 Å². The minimum Gasteiger partial charge on any atom is -0.481 e. The highest BCUT2D eigenvalue weighted by Crippen LogP contribution is 2.44. The Bertz CT molecular complexity index is 1010. The third-order valence-electron chi connectivity index (χ3n) is 5.27. The van der Waals surface area contributed by atoms with Crippen molar-refractivity contribution < 1.29 is 9.90 Å². The Kier molecular flexibility index (Phi) is 4.49. The van der Waals surface area contributed by atoms with Crippen molar-refractivity contribution in [2.24, 2.45) is 0 Å². The number of aromatic nitrogens is 1. The van der Waals surface area contributed by atoms with E-state index in [1.54, 1.807) is 18.3 Å². The topological polar surface area (TPSA) is 50.2 Å². The van der Waals surface area contributed by atoms with Crippen LogP contribution in [-0.4, -0.2) is 16.1 Å². The Morgan fingerprint density at radius 1 is 1.23 bits per heavy atom. The highest BCUT2D eigenvalue weighted by molar-refractivity contribution is 7.19. The zero-order chi connectivity index (χ0) is 18.4. The summed E-state index contributed by atoms with van der Waals surface area (Å²) < 4.78 is 0. The number of hydrogen-bond acceptors (Lipinski definition) is 3. The molecule has 1 N–H and O–H groups in total. The average Bonchev–Trinajstić information content (AvgIpc) is 2.98. The molecule has 1 aliphatic rings. The van der Waals surface area contributed by atoms with E-state index < -0.39 is 11.9 Å². The van der Waals surface area contributed by atoms with Gasteiger partial charge < -0.3 is 5.11 Å². The zero-order valence-electron chi connectivity index (χ0n) is 14.8. The number of rotatable bonds is 3. The first-order chi connectivity index (χ1) is 12.5. The van der Waals surface area contributed by atoms with E-state index in [1.807, 2.05) is 31.2 Å². The van der Waals surface area contributed by atoms with Crippen LogP contribution in [0.5, 0.6) is 0 Å². The molecule has 0 aliphatic heterocycles. The standard InChI is InChI=1S/C21H20ClNO2S/c1-11(21(24)25)17-12(2)23-20-19(15-5-3-4-6-16(15)26-20)18(17)13-7-9-14(22)10-8-13/h7-11H,3-6H2,1-2H3,(H,24,25). The Morgan fingerprint density at radius 2 is 1.92 bits per heavy atom. The number of carboxylic acids is 1. The van der Waals surface area contributed by atoms with Gasteiger partial charge in [-0.2, -0.15) is 0 Å². The van der Waals surface area contributed by atoms with Crippen LogP contribution < -0.4 is 0 Å². The maximum atomic E-state index is 11.8. The normalized spacial score (nSPS) is 15.0. The highest BCUT2D eigenvalue weighted by atomic mass is 35.5. The number of fused-ring (bicyclic) bond motifs is 3. The molecule has 0 radical (unpaired) electrons. The second-order valence-electron chi connectivity index (χ2n) is 6.94.